The molecule has 4 nitrogen and oxygen atoms in total. The van der Waals surface area contributed by atoms with Gasteiger partial charge in [0.25, 0.3) is 0 Å². The van der Waals surface area contributed by atoms with Crippen molar-refractivity contribution in [2.45, 2.75) is 31.9 Å². The van der Waals surface area contributed by atoms with Gasteiger partial charge in [-0.3, -0.25) is 4.79 Å². The van der Waals surface area contributed by atoms with E-state index in [4.69, 9.17) is 4.42 Å². The van der Waals surface area contributed by atoms with E-state index in [1.54, 1.807) is 11.2 Å². The number of carbonyl (C=O) groups excluding carboxylic acids is 1. The summed E-state index contributed by atoms with van der Waals surface area (Å²) in [5.41, 5.74) is 0. The predicted molar refractivity (Wildman–Crippen MR) is 54.2 cm³/mol. The molecule has 0 spiro atoms. The van der Waals surface area contributed by atoms with Crippen molar-refractivity contribution in [1.82, 2.24) is 4.90 Å². The number of amides is 1. The molecule has 0 saturated carbocycles. The summed E-state index contributed by atoms with van der Waals surface area (Å²) < 4.78 is 5.23. The molecule has 1 N–H and O–H groups in total. The van der Waals surface area contributed by atoms with Gasteiger partial charge in [0.1, 0.15) is 5.76 Å². The zero-order valence-electron chi connectivity index (χ0n) is 8.72. The molecular formula is C11H15NO3. The molecule has 2 atom stereocenters. The molecule has 1 aliphatic rings. The van der Waals surface area contributed by atoms with Gasteiger partial charge in [-0.25, -0.2) is 0 Å². The molecule has 0 bridgehead atoms. The highest BCUT2D eigenvalue weighted by Gasteiger charge is 2.31. The standard InChI is InChI=1S/C11H15NO3/c1-8(5-10-3-2-4-15-10)12-7-9(13)6-11(12)14/h2-4,8-9,13H,5-7H2,1H3. The van der Waals surface area contributed by atoms with E-state index in [2.05, 4.69) is 0 Å². The average molecular weight is 209 g/mol. The largest absolute Gasteiger partial charge is 0.469 e. The maximum absolute atomic E-state index is 11.5. The zero-order chi connectivity index (χ0) is 10.8. The highest BCUT2D eigenvalue weighted by atomic mass is 16.3. The number of carbonyl (C=O) groups is 1. The molecule has 1 aromatic heterocycles. The van der Waals surface area contributed by atoms with E-state index in [1.165, 1.54) is 0 Å². The summed E-state index contributed by atoms with van der Waals surface area (Å²) in [5.74, 6) is 0.901. The third-order valence-corrected chi connectivity index (χ3v) is 2.75. The molecule has 2 heterocycles. The fraction of sp³-hybridized carbons (Fsp3) is 0.545. The van der Waals surface area contributed by atoms with E-state index in [0.29, 0.717) is 13.0 Å². The van der Waals surface area contributed by atoms with Gasteiger partial charge in [0.2, 0.25) is 5.91 Å². The number of furan rings is 1. The summed E-state index contributed by atoms with van der Waals surface area (Å²) in [5, 5.41) is 9.36. The van der Waals surface area contributed by atoms with Crippen LogP contribution in [-0.4, -0.2) is 34.6 Å². The maximum atomic E-state index is 11.5. The minimum absolute atomic E-state index is 0.0292. The first-order valence-electron chi connectivity index (χ1n) is 5.16. The molecular weight excluding hydrogens is 194 g/mol. The van der Waals surface area contributed by atoms with Gasteiger partial charge in [0.15, 0.2) is 0 Å². The van der Waals surface area contributed by atoms with Crippen LogP contribution in [0.15, 0.2) is 22.8 Å². The fourth-order valence-corrected chi connectivity index (χ4v) is 1.97. The fourth-order valence-electron chi connectivity index (χ4n) is 1.97. The van der Waals surface area contributed by atoms with Crippen molar-refractivity contribution in [3.63, 3.8) is 0 Å². The summed E-state index contributed by atoms with van der Waals surface area (Å²) in [7, 11) is 0. The lowest BCUT2D eigenvalue weighted by molar-refractivity contribution is -0.129. The molecule has 82 valence electrons. The molecule has 1 fully saturated rings. The molecule has 2 unspecified atom stereocenters. The van der Waals surface area contributed by atoms with Crippen LogP contribution in [0.2, 0.25) is 0 Å². The van der Waals surface area contributed by atoms with E-state index in [1.807, 2.05) is 19.1 Å². The van der Waals surface area contributed by atoms with Gasteiger partial charge >= 0.3 is 0 Å². The van der Waals surface area contributed by atoms with Gasteiger partial charge in [-0.1, -0.05) is 0 Å². The number of β-amino-alcohol motifs (C(OH)–C–C–N with tert-alkyl or cyclic N) is 1. The van der Waals surface area contributed by atoms with Gasteiger partial charge in [-0.05, 0) is 19.1 Å². The van der Waals surface area contributed by atoms with Crippen molar-refractivity contribution >= 4 is 5.91 Å². The van der Waals surface area contributed by atoms with Crippen molar-refractivity contribution < 1.29 is 14.3 Å². The summed E-state index contributed by atoms with van der Waals surface area (Å²) in [6.07, 6.45) is 2.08. The normalized spacial score (nSPS) is 23.5. The van der Waals surface area contributed by atoms with Gasteiger partial charge in [0.05, 0.1) is 18.8 Å². The van der Waals surface area contributed by atoms with Crippen molar-refractivity contribution in [2.75, 3.05) is 6.54 Å². The van der Waals surface area contributed by atoms with E-state index < -0.39 is 6.10 Å². The van der Waals surface area contributed by atoms with Crippen LogP contribution in [0.3, 0.4) is 0 Å². The van der Waals surface area contributed by atoms with Crippen molar-refractivity contribution in [3.8, 4) is 0 Å². The molecule has 0 radical (unpaired) electrons. The topological polar surface area (TPSA) is 53.7 Å². The van der Waals surface area contributed by atoms with Crippen LogP contribution in [-0.2, 0) is 11.2 Å². The molecule has 1 amide bonds. The second kappa shape index (κ2) is 4.06. The maximum Gasteiger partial charge on any atom is 0.225 e. The highest BCUT2D eigenvalue weighted by molar-refractivity contribution is 5.79. The lowest BCUT2D eigenvalue weighted by Gasteiger charge is -2.23. The van der Waals surface area contributed by atoms with E-state index >= 15 is 0 Å². The zero-order valence-corrected chi connectivity index (χ0v) is 8.72. The third-order valence-electron chi connectivity index (χ3n) is 2.75. The second-order valence-electron chi connectivity index (χ2n) is 4.04. The number of rotatable bonds is 3. The molecule has 1 saturated heterocycles. The van der Waals surface area contributed by atoms with Crippen molar-refractivity contribution in [1.29, 1.82) is 0 Å². The SMILES string of the molecule is CC(Cc1ccco1)N1CC(O)CC1=O. The Hall–Kier alpha value is -1.29. The molecule has 15 heavy (non-hydrogen) atoms. The van der Waals surface area contributed by atoms with Crippen LogP contribution in [0.4, 0.5) is 0 Å². The van der Waals surface area contributed by atoms with Crippen LogP contribution in [0.1, 0.15) is 19.1 Å². The Morgan fingerprint density at radius 2 is 2.53 bits per heavy atom. The molecule has 0 aromatic carbocycles. The quantitative estimate of drug-likeness (QED) is 0.801. The minimum atomic E-state index is -0.503. The monoisotopic (exact) mass is 209 g/mol. The Bertz CT molecular complexity index is 334. The number of aliphatic hydroxyl groups excluding tert-OH is 1. The van der Waals surface area contributed by atoms with Crippen LogP contribution in [0.5, 0.6) is 0 Å². The second-order valence-corrected chi connectivity index (χ2v) is 4.04. The third kappa shape index (κ3) is 2.21. The lowest BCUT2D eigenvalue weighted by atomic mass is 10.2. The number of hydrogen-bond donors (Lipinski definition) is 1. The molecule has 4 heteroatoms. The number of nitrogens with zero attached hydrogens (tertiary/aromatic N) is 1. The Morgan fingerprint density at radius 3 is 3.07 bits per heavy atom. The van der Waals surface area contributed by atoms with Crippen LogP contribution in [0.25, 0.3) is 0 Å². The number of aliphatic hydroxyl groups is 1. The van der Waals surface area contributed by atoms with Crippen molar-refractivity contribution in [3.05, 3.63) is 24.2 Å². The highest BCUT2D eigenvalue weighted by Crippen LogP contribution is 2.17. The first-order valence-corrected chi connectivity index (χ1v) is 5.16. The van der Waals surface area contributed by atoms with Gasteiger partial charge < -0.3 is 14.4 Å². The van der Waals surface area contributed by atoms with Crippen LogP contribution in [0, 0.1) is 0 Å². The first kappa shape index (κ1) is 10.2. The number of likely N-dealkylation sites (tertiary alicyclic amines) is 1. The summed E-state index contributed by atoms with van der Waals surface area (Å²) in [4.78, 5) is 13.2. The predicted octanol–water partition coefficient (Wildman–Crippen LogP) is 0.804. The molecule has 1 aromatic rings. The lowest BCUT2D eigenvalue weighted by Crippen LogP contribution is -2.36. The Morgan fingerprint density at radius 1 is 1.73 bits per heavy atom. The smallest absolute Gasteiger partial charge is 0.225 e. The Kier molecular flexibility index (Phi) is 2.77. The van der Waals surface area contributed by atoms with E-state index in [0.717, 1.165) is 5.76 Å². The van der Waals surface area contributed by atoms with Crippen molar-refractivity contribution in [2.24, 2.45) is 0 Å². The molecule has 2 rings (SSSR count). The Labute approximate surface area is 88.5 Å². The van der Waals surface area contributed by atoms with Gasteiger partial charge in [-0.15, -0.1) is 0 Å². The summed E-state index contributed by atoms with van der Waals surface area (Å²) >= 11 is 0. The van der Waals surface area contributed by atoms with E-state index in [9.17, 15) is 9.90 Å². The Balaban J connectivity index is 1.96. The minimum Gasteiger partial charge on any atom is -0.469 e. The van der Waals surface area contributed by atoms with Crippen LogP contribution >= 0.6 is 0 Å². The molecule has 1 aliphatic heterocycles. The van der Waals surface area contributed by atoms with Crippen LogP contribution < -0.4 is 0 Å². The molecule has 0 aliphatic carbocycles. The summed E-state index contributed by atoms with van der Waals surface area (Å²) in [6, 6.07) is 3.82. The average Bonchev–Trinajstić information content (AvgIpc) is 2.75. The first-order chi connectivity index (χ1) is 7.16. The summed E-state index contributed by atoms with van der Waals surface area (Å²) in [6.45, 7) is 2.42. The number of hydrogen-bond acceptors (Lipinski definition) is 3. The van der Waals surface area contributed by atoms with E-state index in [-0.39, 0.29) is 18.4 Å². The van der Waals surface area contributed by atoms with Gasteiger partial charge in [-0.2, -0.15) is 0 Å². The van der Waals surface area contributed by atoms with Gasteiger partial charge in [0, 0.05) is 19.0 Å².